The summed E-state index contributed by atoms with van der Waals surface area (Å²) in [5.41, 5.74) is 3.94. The lowest BCUT2D eigenvalue weighted by Crippen LogP contribution is -2.24. The van der Waals surface area contributed by atoms with Gasteiger partial charge in [0.1, 0.15) is 18.1 Å². The second-order valence-corrected chi connectivity index (χ2v) is 6.99. The SMILES string of the molecule is O=C(Cn1nnnc1-c1ccccc1)N/N=C\c1ccc(-c2ccc(Cl)cc2Cl)o1. The summed E-state index contributed by atoms with van der Waals surface area (Å²) in [4.78, 5) is 12.2. The molecule has 1 amide bonds. The molecule has 0 saturated heterocycles. The molecule has 4 aromatic rings. The van der Waals surface area contributed by atoms with E-state index in [0.717, 1.165) is 5.56 Å². The maximum Gasteiger partial charge on any atom is 0.261 e. The molecule has 30 heavy (non-hydrogen) atoms. The van der Waals surface area contributed by atoms with Crippen LogP contribution in [-0.2, 0) is 11.3 Å². The Labute approximate surface area is 181 Å². The molecule has 0 aliphatic carbocycles. The van der Waals surface area contributed by atoms with Crippen molar-refractivity contribution in [3.63, 3.8) is 0 Å². The Bertz CT molecular complexity index is 1200. The number of hydrazone groups is 1. The minimum atomic E-state index is -0.386. The average Bonchev–Trinajstić information content (AvgIpc) is 3.38. The number of carbonyl (C=O) groups excluding carboxylic acids is 1. The fraction of sp³-hybridized carbons (Fsp3) is 0.0500. The Kier molecular flexibility index (Phi) is 5.87. The summed E-state index contributed by atoms with van der Waals surface area (Å²) in [7, 11) is 0. The quantitative estimate of drug-likeness (QED) is 0.360. The maximum absolute atomic E-state index is 12.2. The lowest BCUT2D eigenvalue weighted by atomic mass is 10.2. The number of benzene rings is 2. The summed E-state index contributed by atoms with van der Waals surface area (Å²) < 4.78 is 7.09. The Balaban J connectivity index is 1.38. The molecule has 2 aromatic carbocycles. The Hall–Kier alpha value is -3.49. The molecular weight excluding hydrogens is 427 g/mol. The van der Waals surface area contributed by atoms with Crippen LogP contribution in [0.25, 0.3) is 22.7 Å². The molecule has 0 fully saturated rings. The normalized spacial score (nSPS) is 11.1. The number of amides is 1. The van der Waals surface area contributed by atoms with E-state index in [1.54, 1.807) is 30.3 Å². The number of rotatable bonds is 6. The van der Waals surface area contributed by atoms with Gasteiger partial charge in [0.25, 0.3) is 5.91 Å². The molecule has 8 nitrogen and oxygen atoms in total. The van der Waals surface area contributed by atoms with Gasteiger partial charge in [-0.15, -0.1) is 5.10 Å². The number of nitrogens with one attached hydrogen (secondary N) is 1. The molecule has 0 saturated carbocycles. The van der Waals surface area contributed by atoms with Crippen molar-refractivity contribution in [2.75, 3.05) is 0 Å². The number of halogens is 2. The van der Waals surface area contributed by atoms with Crippen LogP contribution in [0.4, 0.5) is 0 Å². The van der Waals surface area contributed by atoms with Crippen LogP contribution in [0.15, 0.2) is 70.2 Å². The summed E-state index contributed by atoms with van der Waals surface area (Å²) in [6.07, 6.45) is 1.39. The molecular formula is C20H14Cl2N6O2. The summed E-state index contributed by atoms with van der Waals surface area (Å²) in [5.74, 6) is 1.11. The predicted molar refractivity (Wildman–Crippen MR) is 113 cm³/mol. The molecule has 10 heteroatoms. The second kappa shape index (κ2) is 8.89. The summed E-state index contributed by atoms with van der Waals surface area (Å²) >= 11 is 12.1. The van der Waals surface area contributed by atoms with Crippen molar-refractivity contribution >= 4 is 35.3 Å². The van der Waals surface area contributed by atoms with Crippen LogP contribution < -0.4 is 5.43 Å². The third kappa shape index (κ3) is 4.56. The van der Waals surface area contributed by atoms with Gasteiger partial charge in [-0.2, -0.15) is 5.10 Å². The lowest BCUT2D eigenvalue weighted by molar-refractivity contribution is -0.121. The zero-order valence-electron chi connectivity index (χ0n) is 15.4. The van der Waals surface area contributed by atoms with Crippen molar-refractivity contribution in [3.8, 4) is 22.7 Å². The molecule has 0 spiro atoms. The first kappa shape index (κ1) is 19.8. The van der Waals surface area contributed by atoms with Gasteiger partial charge >= 0.3 is 0 Å². The Morgan fingerprint density at radius 3 is 2.77 bits per heavy atom. The summed E-state index contributed by atoms with van der Waals surface area (Å²) in [6, 6.07) is 17.9. The van der Waals surface area contributed by atoms with Crippen LogP contribution in [0.1, 0.15) is 5.76 Å². The predicted octanol–water partition coefficient (Wildman–Crippen LogP) is 4.06. The topological polar surface area (TPSA) is 98.2 Å². The van der Waals surface area contributed by atoms with E-state index >= 15 is 0 Å². The van der Waals surface area contributed by atoms with Crippen molar-refractivity contribution in [3.05, 3.63) is 76.5 Å². The third-order valence-corrected chi connectivity index (χ3v) is 4.61. The number of furan rings is 1. The maximum atomic E-state index is 12.2. The van der Waals surface area contributed by atoms with E-state index in [0.29, 0.717) is 33.0 Å². The van der Waals surface area contributed by atoms with Crippen molar-refractivity contribution in [2.45, 2.75) is 6.54 Å². The molecule has 2 aromatic heterocycles. The number of hydrogen-bond acceptors (Lipinski definition) is 6. The molecule has 0 aliphatic heterocycles. The second-order valence-electron chi connectivity index (χ2n) is 6.15. The van der Waals surface area contributed by atoms with Crippen LogP contribution in [0.2, 0.25) is 10.0 Å². The van der Waals surface area contributed by atoms with Gasteiger partial charge in [0.2, 0.25) is 0 Å². The van der Waals surface area contributed by atoms with Gasteiger partial charge in [-0.05, 0) is 40.8 Å². The molecule has 1 N–H and O–H groups in total. The smallest absolute Gasteiger partial charge is 0.261 e. The monoisotopic (exact) mass is 440 g/mol. The van der Waals surface area contributed by atoms with Crippen LogP contribution in [0, 0.1) is 0 Å². The molecule has 0 radical (unpaired) electrons. The molecule has 0 atom stereocenters. The number of nitrogens with zero attached hydrogens (tertiary/aromatic N) is 5. The molecule has 0 aliphatic rings. The van der Waals surface area contributed by atoms with E-state index in [1.165, 1.54) is 10.9 Å². The standard InChI is InChI=1S/C20H14Cl2N6O2/c21-14-6-8-16(17(22)10-14)18-9-7-15(30-18)11-23-24-19(29)12-28-20(25-26-27-28)13-4-2-1-3-5-13/h1-11H,12H2,(H,24,29)/b23-11-. The fourth-order valence-electron chi connectivity index (χ4n) is 2.70. The summed E-state index contributed by atoms with van der Waals surface area (Å²) in [6.45, 7) is -0.0850. The van der Waals surface area contributed by atoms with Gasteiger partial charge in [-0.1, -0.05) is 53.5 Å². The van der Waals surface area contributed by atoms with Crippen LogP contribution in [0.5, 0.6) is 0 Å². The molecule has 4 rings (SSSR count). The molecule has 0 bridgehead atoms. The molecule has 2 heterocycles. The number of carbonyl (C=O) groups is 1. The van der Waals surface area contributed by atoms with E-state index in [4.69, 9.17) is 27.6 Å². The van der Waals surface area contributed by atoms with Crippen molar-refractivity contribution in [1.29, 1.82) is 0 Å². The fourth-order valence-corrected chi connectivity index (χ4v) is 3.20. The van der Waals surface area contributed by atoms with Gasteiger partial charge in [0, 0.05) is 16.1 Å². The lowest BCUT2D eigenvalue weighted by Gasteiger charge is -2.03. The zero-order chi connectivity index (χ0) is 20.9. The minimum Gasteiger partial charge on any atom is -0.455 e. The average molecular weight is 441 g/mol. The number of tetrazole rings is 1. The third-order valence-electron chi connectivity index (χ3n) is 4.06. The van der Waals surface area contributed by atoms with E-state index in [2.05, 4.69) is 26.1 Å². The van der Waals surface area contributed by atoms with Crippen molar-refractivity contribution in [2.24, 2.45) is 5.10 Å². The van der Waals surface area contributed by atoms with E-state index in [9.17, 15) is 4.79 Å². The number of hydrogen-bond donors (Lipinski definition) is 1. The van der Waals surface area contributed by atoms with Gasteiger partial charge < -0.3 is 4.42 Å². The van der Waals surface area contributed by atoms with Gasteiger partial charge in [0.05, 0.1) is 11.2 Å². The van der Waals surface area contributed by atoms with E-state index < -0.39 is 0 Å². The zero-order valence-corrected chi connectivity index (χ0v) is 16.9. The Morgan fingerprint density at radius 1 is 1.13 bits per heavy atom. The highest BCUT2D eigenvalue weighted by Crippen LogP contribution is 2.31. The van der Waals surface area contributed by atoms with E-state index in [-0.39, 0.29) is 12.5 Å². The largest absolute Gasteiger partial charge is 0.455 e. The van der Waals surface area contributed by atoms with Crippen molar-refractivity contribution < 1.29 is 9.21 Å². The van der Waals surface area contributed by atoms with Gasteiger partial charge in [-0.3, -0.25) is 4.79 Å². The van der Waals surface area contributed by atoms with Crippen LogP contribution in [-0.4, -0.2) is 32.3 Å². The summed E-state index contributed by atoms with van der Waals surface area (Å²) in [5, 5.41) is 16.4. The van der Waals surface area contributed by atoms with Crippen LogP contribution >= 0.6 is 23.2 Å². The minimum absolute atomic E-state index is 0.0850. The molecule has 0 unspecified atom stereocenters. The van der Waals surface area contributed by atoms with Gasteiger partial charge in [-0.25, -0.2) is 10.1 Å². The first-order valence-corrected chi connectivity index (χ1v) is 9.54. The Morgan fingerprint density at radius 2 is 1.97 bits per heavy atom. The highest BCUT2D eigenvalue weighted by atomic mass is 35.5. The highest BCUT2D eigenvalue weighted by Gasteiger charge is 2.12. The van der Waals surface area contributed by atoms with Crippen molar-refractivity contribution in [1.82, 2.24) is 25.6 Å². The molecule has 150 valence electrons. The van der Waals surface area contributed by atoms with Crippen LogP contribution in [0.3, 0.4) is 0 Å². The number of aromatic nitrogens is 4. The first-order valence-electron chi connectivity index (χ1n) is 8.79. The highest BCUT2D eigenvalue weighted by molar-refractivity contribution is 6.36. The van der Waals surface area contributed by atoms with E-state index in [1.807, 2.05) is 30.3 Å². The first-order chi connectivity index (χ1) is 14.6. The van der Waals surface area contributed by atoms with Gasteiger partial charge in [0.15, 0.2) is 5.82 Å².